The maximum absolute atomic E-state index is 12.6. The zero-order valence-electron chi connectivity index (χ0n) is 15.8. The van der Waals surface area contributed by atoms with Crippen molar-refractivity contribution in [3.05, 3.63) is 60.6 Å². The van der Waals surface area contributed by atoms with Crippen molar-refractivity contribution in [3.63, 3.8) is 0 Å². The Morgan fingerprint density at radius 3 is 2.43 bits per heavy atom. The van der Waals surface area contributed by atoms with Gasteiger partial charge in [-0.2, -0.15) is 13.3 Å². The number of alkyl halides is 2. The van der Waals surface area contributed by atoms with E-state index < -0.39 is 5.76 Å². The summed E-state index contributed by atoms with van der Waals surface area (Å²) < 4.78 is 35.1. The van der Waals surface area contributed by atoms with Gasteiger partial charge >= 0.3 is 0 Å². The van der Waals surface area contributed by atoms with Crippen molar-refractivity contribution in [2.24, 2.45) is 0 Å². The van der Waals surface area contributed by atoms with Gasteiger partial charge in [-0.15, -0.1) is 0 Å². The topological polar surface area (TPSA) is 18.0 Å². The largest absolute Gasteiger partial charge is 0.497 e. The van der Waals surface area contributed by atoms with Crippen molar-refractivity contribution in [3.8, 4) is 22.7 Å². The Hall–Kier alpha value is -2.34. The average Bonchev–Trinajstić information content (AvgIpc) is 2.89. The van der Waals surface area contributed by atoms with E-state index in [9.17, 15) is 8.78 Å². The lowest BCUT2D eigenvalue weighted by molar-refractivity contribution is -0.692. The Kier molecular flexibility index (Phi) is 5.67. The zero-order valence-corrected chi connectivity index (χ0v) is 16.6. The first kappa shape index (κ1) is 19.0. The molecule has 2 aromatic carbocycles. The van der Waals surface area contributed by atoms with Gasteiger partial charge in [-0.25, -0.2) is 4.57 Å². The van der Waals surface area contributed by atoms with Gasteiger partial charge in [0.15, 0.2) is 5.69 Å². The summed E-state index contributed by atoms with van der Waals surface area (Å²) in [4.78, 5) is 0.583. The number of benzene rings is 2. The third kappa shape index (κ3) is 3.92. The van der Waals surface area contributed by atoms with Crippen LogP contribution in [0, 0.1) is 0 Å². The third-order valence-electron chi connectivity index (χ3n) is 5.14. The van der Waals surface area contributed by atoms with Crippen LogP contribution in [0.25, 0.3) is 16.9 Å². The van der Waals surface area contributed by atoms with Crippen molar-refractivity contribution in [1.82, 2.24) is 4.57 Å². The van der Waals surface area contributed by atoms with E-state index in [2.05, 4.69) is 27.5 Å². The number of hydrogen-bond acceptors (Lipinski definition) is 2. The van der Waals surface area contributed by atoms with E-state index in [0.717, 1.165) is 42.8 Å². The molecule has 0 saturated carbocycles. The molecule has 3 aromatic rings. The lowest BCUT2D eigenvalue weighted by Gasteiger charge is -2.04. The number of thioether (sulfide) groups is 1. The molecule has 146 valence electrons. The highest BCUT2D eigenvalue weighted by atomic mass is 32.2. The quantitative estimate of drug-likeness (QED) is 0.416. The van der Waals surface area contributed by atoms with E-state index in [1.54, 1.807) is 19.2 Å². The molecule has 0 N–H and O–H groups in total. The van der Waals surface area contributed by atoms with Gasteiger partial charge in [-0.1, -0.05) is 11.8 Å². The van der Waals surface area contributed by atoms with Crippen LogP contribution in [0.2, 0.25) is 0 Å². The first-order chi connectivity index (χ1) is 13.7. The van der Waals surface area contributed by atoms with Gasteiger partial charge in [0.05, 0.1) is 13.7 Å². The fourth-order valence-corrected chi connectivity index (χ4v) is 4.27. The molecule has 0 unspecified atom stereocenters. The number of nitrogens with zero attached hydrogens (tertiary/aromatic N) is 2. The van der Waals surface area contributed by atoms with Crippen LogP contribution >= 0.6 is 11.8 Å². The number of fused-ring (bicyclic) bond motifs is 1. The third-order valence-corrected chi connectivity index (χ3v) is 5.86. The second-order valence-corrected chi connectivity index (χ2v) is 7.93. The Balaban J connectivity index is 1.76. The average molecular weight is 402 g/mol. The highest BCUT2D eigenvalue weighted by Gasteiger charge is 2.27. The van der Waals surface area contributed by atoms with E-state index in [4.69, 9.17) is 4.74 Å². The van der Waals surface area contributed by atoms with Gasteiger partial charge in [-0.3, -0.25) is 0 Å². The molecular formula is C22H23F2N2OS+. The second kappa shape index (κ2) is 8.35. The molecule has 0 spiro atoms. The Labute approximate surface area is 168 Å². The number of rotatable bonds is 5. The maximum Gasteiger partial charge on any atom is 0.288 e. The van der Waals surface area contributed by atoms with Crippen LogP contribution in [-0.4, -0.2) is 17.4 Å². The standard InChI is InChI=1S/C22H23F2N2OS/c1-27-18-10-6-16(7-11-18)20-15-26(21-5-3-2-4-14-25(20)21)17-8-12-19(13-9-17)28-22(23)24/h6-13,15,22H,2-5,14H2,1H3/q+1. The van der Waals surface area contributed by atoms with Crippen LogP contribution in [0.3, 0.4) is 0 Å². The molecule has 4 rings (SSSR count). The van der Waals surface area contributed by atoms with Gasteiger partial charge in [-0.05, 0) is 67.8 Å². The van der Waals surface area contributed by atoms with E-state index >= 15 is 0 Å². The smallest absolute Gasteiger partial charge is 0.288 e. The fraction of sp³-hybridized carbons (Fsp3) is 0.318. The highest BCUT2D eigenvalue weighted by Crippen LogP contribution is 2.28. The number of hydrogen-bond donors (Lipinski definition) is 0. The Morgan fingerprint density at radius 1 is 1.00 bits per heavy atom. The Morgan fingerprint density at radius 2 is 1.75 bits per heavy atom. The molecule has 28 heavy (non-hydrogen) atoms. The van der Waals surface area contributed by atoms with E-state index in [0.29, 0.717) is 16.7 Å². The molecule has 2 heterocycles. The molecule has 0 aliphatic carbocycles. The monoisotopic (exact) mass is 401 g/mol. The fourth-order valence-electron chi connectivity index (χ4n) is 3.77. The predicted octanol–water partition coefficient (Wildman–Crippen LogP) is 5.48. The van der Waals surface area contributed by atoms with Gasteiger partial charge in [0.2, 0.25) is 0 Å². The number of aromatic nitrogens is 2. The van der Waals surface area contributed by atoms with E-state index in [1.165, 1.54) is 17.9 Å². The molecule has 0 radical (unpaired) electrons. The SMILES string of the molecule is COc1ccc(-c2cn(-c3ccc(SC(F)F)cc3)c3[n+]2CCCCC3)cc1. The van der Waals surface area contributed by atoms with Crippen LogP contribution in [0.1, 0.15) is 25.1 Å². The summed E-state index contributed by atoms with van der Waals surface area (Å²) in [5.41, 5.74) is 3.32. The summed E-state index contributed by atoms with van der Waals surface area (Å²) in [6, 6.07) is 15.5. The van der Waals surface area contributed by atoms with Gasteiger partial charge in [0, 0.05) is 16.9 Å². The van der Waals surface area contributed by atoms with Crippen LogP contribution < -0.4 is 9.30 Å². The van der Waals surface area contributed by atoms with Gasteiger partial charge in [0.25, 0.3) is 11.6 Å². The Bertz CT molecular complexity index is 936. The normalized spacial score (nSPS) is 14.0. The van der Waals surface area contributed by atoms with Crippen LogP contribution in [-0.2, 0) is 13.0 Å². The van der Waals surface area contributed by atoms with Crippen molar-refractivity contribution >= 4 is 11.8 Å². The molecule has 0 atom stereocenters. The van der Waals surface area contributed by atoms with Crippen molar-refractivity contribution in [2.45, 2.75) is 42.9 Å². The van der Waals surface area contributed by atoms with Crippen LogP contribution in [0.15, 0.2) is 59.6 Å². The first-order valence-corrected chi connectivity index (χ1v) is 10.4. The summed E-state index contributed by atoms with van der Waals surface area (Å²) in [6.45, 7) is 0.989. The maximum atomic E-state index is 12.6. The lowest BCUT2D eigenvalue weighted by atomic mass is 10.1. The van der Waals surface area contributed by atoms with Gasteiger partial charge < -0.3 is 4.74 Å². The van der Waals surface area contributed by atoms with E-state index in [-0.39, 0.29) is 0 Å². The zero-order chi connectivity index (χ0) is 19.5. The minimum absolute atomic E-state index is 0.580. The molecule has 1 aromatic heterocycles. The molecule has 0 amide bonds. The summed E-state index contributed by atoms with van der Waals surface area (Å²) in [5.74, 6) is -0.296. The molecule has 1 aliphatic rings. The predicted molar refractivity (Wildman–Crippen MR) is 107 cm³/mol. The summed E-state index contributed by atoms with van der Waals surface area (Å²) in [6.07, 6.45) is 6.70. The minimum Gasteiger partial charge on any atom is -0.497 e. The number of halogens is 2. The molecule has 3 nitrogen and oxygen atoms in total. The second-order valence-electron chi connectivity index (χ2n) is 6.86. The minimum atomic E-state index is -2.40. The summed E-state index contributed by atoms with van der Waals surface area (Å²) >= 11 is 0.580. The number of ether oxygens (including phenoxy) is 1. The molecule has 0 fully saturated rings. The van der Waals surface area contributed by atoms with Crippen molar-refractivity contribution in [1.29, 1.82) is 0 Å². The lowest BCUT2D eigenvalue weighted by Crippen LogP contribution is -2.38. The van der Waals surface area contributed by atoms with Crippen molar-refractivity contribution < 1.29 is 18.1 Å². The summed E-state index contributed by atoms with van der Waals surface area (Å²) in [5, 5.41) is 0. The van der Waals surface area contributed by atoms with Crippen LogP contribution in [0.5, 0.6) is 5.75 Å². The van der Waals surface area contributed by atoms with Crippen molar-refractivity contribution in [2.75, 3.05) is 7.11 Å². The highest BCUT2D eigenvalue weighted by molar-refractivity contribution is 7.99. The molecular weight excluding hydrogens is 378 g/mol. The molecule has 1 aliphatic heterocycles. The van der Waals surface area contributed by atoms with Crippen LogP contribution in [0.4, 0.5) is 8.78 Å². The van der Waals surface area contributed by atoms with E-state index in [1.807, 2.05) is 24.3 Å². The summed E-state index contributed by atoms with van der Waals surface area (Å²) in [7, 11) is 1.67. The first-order valence-electron chi connectivity index (χ1n) is 9.49. The number of methoxy groups -OCH3 is 1. The molecule has 0 saturated heterocycles. The van der Waals surface area contributed by atoms with Gasteiger partial charge in [0.1, 0.15) is 17.6 Å². The molecule has 6 heteroatoms. The molecule has 0 bridgehead atoms. The number of imidazole rings is 1.